The van der Waals surface area contributed by atoms with Gasteiger partial charge in [-0.15, -0.1) is 0 Å². The highest BCUT2D eigenvalue weighted by Crippen LogP contribution is 2.29. The summed E-state index contributed by atoms with van der Waals surface area (Å²) in [6, 6.07) is 0.598. The van der Waals surface area contributed by atoms with Gasteiger partial charge in [0.25, 0.3) is 0 Å². The van der Waals surface area contributed by atoms with Crippen LogP contribution < -0.4 is 5.32 Å². The second kappa shape index (κ2) is 7.82. The van der Waals surface area contributed by atoms with Crippen molar-refractivity contribution in [2.45, 2.75) is 66.3 Å². The third kappa shape index (κ3) is 5.66. The molecule has 0 aliphatic heterocycles. The third-order valence-corrected chi connectivity index (χ3v) is 4.44. The SMILES string of the molecule is CCCNC(CCc1nccn1C)CC(C)C(C)(C)C. The number of hydrogen-bond acceptors (Lipinski definition) is 2. The fourth-order valence-corrected chi connectivity index (χ4v) is 2.37. The van der Waals surface area contributed by atoms with E-state index in [1.807, 2.05) is 12.4 Å². The molecule has 0 bridgehead atoms. The minimum Gasteiger partial charge on any atom is -0.338 e. The van der Waals surface area contributed by atoms with Crippen molar-refractivity contribution in [3.05, 3.63) is 18.2 Å². The molecule has 1 aromatic rings. The maximum atomic E-state index is 4.43. The predicted octanol–water partition coefficient (Wildman–Crippen LogP) is 3.79. The zero-order chi connectivity index (χ0) is 15.2. The Morgan fingerprint density at radius 3 is 2.55 bits per heavy atom. The van der Waals surface area contributed by atoms with Crippen molar-refractivity contribution in [3.63, 3.8) is 0 Å². The van der Waals surface area contributed by atoms with Gasteiger partial charge in [0, 0.05) is 31.9 Å². The molecule has 0 fully saturated rings. The lowest BCUT2D eigenvalue weighted by molar-refractivity contribution is 0.218. The van der Waals surface area contributed by atoms with E-state index in [2.05, 4.69) is 56.5 Å². The molecule has 2 atom stereocenters. The molecule has 1 N–H and O–H groups in total. The molecule has 0 aliphatic carbocycles. The quantitative estimate of drug-likeness (QED) is 0.784. The second-order valence-electron chi connectivity index (χ2n) is 7.15. The molecule has 0 aliphatic rings. The summed E-state index contributed by atoms with van der Waals surface area (Å²) in [5.41, 5.74) is 0.384. The lowest BCUT2D eigenvalue weighted by Gasteiger charge is -2.31. The first-order valence-corrected chi connectivity index (χ1v) is 8.04. The molecule has 1 aromatic heterocycles. The molecule has 0 spiro atoms. The van der Waals surface area contributed by atoms with Gasteiger partial charge in [-0.05, 0) is 37.1 Å². The van der Waals surface area contributed by atoms with Gasteiger partial charge in [0.1, 0.15) is 5.82 Å². The first-order chi connectivity index (χ1) is 9.34. The van der Waals surface area contributed by atoms with Gasteiger partial charge in [0.05, 0.1) is 0 Å². The van der Waals surface area contributed by atoms with E-state index in [9.17, 15) is 0 Å². The number of aromatic nitrogens is 2. The van der Waals surface area contributed by atoms with Crippen LogP contribution in [0.1, 0.15) is 59.7 Å². The summed E-state index contributed by atoms with van der Waals surface area (Å²) in [7, 11) is 2.08. The topological polar surface area (TPSA) is 29.9 Å². The van der Waals surface area contributed by atoms with Gasteiger partial charge in [0.15, 0.2) is 0 Å². The van der Waals surface area contributed by atoms with E-state index in [1.54, 1.807) is 0 Å². The Labute approximate surface area is 125 Å². The molecule has 2 unspecified atom stereocenters. The van der Waals surface area contributed by atoms with E-state index in [0.717, 1.165) is 18.9 Å². The molecular weight excluding hydrogens is 246 g/mol. The summed E-state index contributed by atoms with van der Waals surface area (Å²) in [6.07, 6.45) is 8.59. The van der Waals surface area contributed by atoms with E-state index in [-0.39, 0.29) is 0 Å². The molecule has 20 heavy (non-hydrogen) atoms. The Morgan fingerprint density at radius 2 is 2.05 bits per heavy atom. The molecule has 116 valence electrons. The van der Waals surface area contributed by atoms with Crippen LogP contribution in [0.5, 0.6) is 0 Å². The molecule has 0 amide bonds. The number of hydrogen-bond donors (Lipinski definition) is 1. The van der Waals surface area contributed by atoms with E-state index in [1.165, 1.54) is 25.1 Å². The van der Waals surface area contributed by atoms with Crippen LogP contribution in [-0.4, -0.2) is 22.1 Å². The summed E-state index contributed by atoms with van der Waals surface area (Å²) >= 11 is 0. The van der Waals surface area contributed by atoms with Gasteiger partial charge in [0.2, 0.25) is 0 Å². The smallest absolute Gasteiger partial charge is 0.108 e. The molecule has 0 saturated carbocycles. The molecule has 0 radical (unpaired) electrons. The first-order valence-electron chi connectivity index (χ1n) is 8.04. The molecule has 1 rings (SSSR count). The predicted molar refractivity (Wildman–Crippen MR) is 86.8 cm³/mol. The van der Waals surface area contributed by atoms with Crippen LogP contribution in [0, 0.1) is 11.3 Å². The minimum atomic E-state index is 0.384. The molecular formula is C17H33N3. The van der Waals surface area contributed by atoms with Crippen LogP contribution in [0.15, 0.2) is 12.4 Å². The maximum Gasteiger partial charge on any atom is 0.108 e. The van der Waals surface area contributed by atoms with Crippen LogP contribution in [-0.2, 0) is 13.5 Å². The fourth-order valence-electron chi connectivity index (χ4n) is 2.37. The number of rotatable bonds is 8. The summed E-state index contributed by atoms with van der Waals surface area (Å²) in [4.78, 5) is 4.43. The highest BCUT2D eigenvalue weighted by Gasteiger charge is 2.23. The average molecular weight is 279 g/mol. The molecule has 0 saturated heterocycles. The van der Waals surface area contributed by atoms with Crippen LogP contribution in [0.2, 0.25) is 0 Å². The Morgan fingerprint density at radius 1 is 1.35 bits per heavy atom. The van der Waals surface area contributed by atoms with Crippen molar-refractivity contribution in [1.82, 2.24) is 14.9 Å². The Hall–Kier alpha value is -0.830. The summed E-state index contributed by atoms with van der Waals surface area (Å²) < 4.78 is 2.13. The van der Waals surface area contributed by atoms with Gasteiger partial charge in [-0.3, -0.25) is 0 Å². The minimum absolute atomic E-state index is 0.384. The van der Waals surface area contributed by atoms with Gasteiger partial charge < -0.3 is 9.88 Å². The monoisotopic (exact) mass is 279 g/mol. The lowest BCUT2D eigenvalue weighted by atomic mass is 9.78. The van der Waals surface area contributed by atoms with Crippen molar-refractivity contribution in [2.24, 2.45) is 18.4 Å². The summed E-state index contributed by atoms with van der Waals surface area (Å²) in [5.74, 6) is 1.91. The van der Waals surface area contributed by atoms with Crippen molar-refractivity contribution in [2.75, 3.05) is 6.54 Å². The van der Waals surface area contributed by atoms with Gasteiger partial charge in [-0.25, -0.2) is 4.98 Å². The van der Waals surface area contributed by atoms with Crippen LogP contribution in [0.4, 0.5) is 0 Å². The maximum absolute atomic E-state index is 4.43. The zero-order valence-electron chi connectivity index (χ0n) is 14.2. The van der Waals surface area contributed by atoms with E-state index < -0.39 is 0 Å². The standard InChI is InChI=1S/C17H33N3/c1-7-10-18-15(13-14(2)17(3,4)5)8-9-16-19-11-12-20(16)6/h11-12,14-15,18H,7-10,13H2,1-6H3. The zero-order valence-corrected chi connectivity index (χ0v) is 14.2. The van der Waals surface area contributed by atoms with Crippen molar-refractivity contribution in [1.29, 1.82) is 0 Å². The molecule has 3 nitrogen and oxygen atoms in total. The molecule has 1 heterocycles. The normalized spacial score (nSPS) is 15.3. The Kier molecular flexibility index (Phi) is 6.74. The van der Waals surface area contributed by atoms with Crippen molar-refractivity contribution in [3.8, 4) is 0 Å². The first kappa shape index (κ1) is 17.2. The number of nitrogens with one attached hydrogen (secondary N) is 1. The van der Waals surface area contributed by atoms with Crippen LogP contribution >= 0.6 is 0 Å². The summed E-state index contributed by atoms with van der Waals surface area (Å²) in [6.45, 7) is 12.7. The number of aryl methyl sites for hydroxylation is 2. The van der Waals surface area contributed by atoms with Crippen molar-refractivity contribution >= 4 is 0 Å². The van der Waals surface area contributed by atoms with Crippen LogP contribution in [0.3, 0.4) is 0 Å². The van der Waals surface area contributed by atoms with E-state index in [0.29, 0.717) is 11.5 Å². The molecule has 0 aromatic carbocycles. The van der Waals surface area contributed by atoms with Gasteiger partial charge in [-0.1, -0.05) is 34.6 Å². The Bertz CT molecular complexity index is 376. The molecule has 3 heteroatoms. The van der Waals surface area contributed by atoms with Crippen LogP contribution in [0.25, 0.3) is 0 Å². The average Bonchev–Trinajstić information content (AvgIpc) is 2.77. The third-order valence-electron chi connectivity index (χ3n) is 4.44. The lowest BCUT2D eigenvalue weighted by Crippen LogP contribution is -2.34. The second-order valence-corrected chi connectivity index (χ2v) is 7.15. The van der Waals surface area contributed by atoms with Crippen molar-refractivity contribution < 1.29 is 0 Å². The highest BCUT2D eigenvalue weighted by atomic mass is 15.0. The largest absolute Gasteiger partial charge is 0.338 e. The van der Waals surface area contributed by atoms with Gasteiger partial charge in [-0.2, -0.15) is 0 Å². The number of imidazole rings is 1. The summed E-state index contributed by atoms with van der Waals surface area (Å²) in [5, 5.41) is 3.72. The van der Waals surface area contributed by atoms with E-state index in [4.69, 9.17) is 0 Å². The Balaban J connectivity index is 2.53. The highest BCUT2D eigenvalue weighted by molar-refractivity contribution is 4.92. The van der Waals surface area contributed by atoms with Gasteiger partial charge >= 0.3 is 0 Å². The van der Waals surface area contributed by atoms with E-state index >= 15 is 0 Å². The fraction of sp³-hybridized carbons (Fsp3) is 0.824. The number of nitrogens with zero attached hydrogens (tertiary/aromatic N) is 2.